The van der Waals surface area contributed by atoms with Gasteiger partial charge in [-0.1, -0.05) is 196 Å². The van der Waals surface area contributed by atoms with Crippen LogP contribution in [0.5, 0.6) is 0 Å². The predicted octanol–water partition coefficient (Wildman–Crippen LogP) is 18.3. The molecule has 0 radical (unpaired) electrons. The molecule has 0 fully saturated rings. The molecule has 0 spiro atoms. The monoisotopic (exact) mass is 921 g/mol. The number of para-hydroxylation sites is 1. The molecule has 3 nitrogen and oxygen atoms in total. The maximum absolute atomic E-state index is 5.20. The molecule has 0 amide bonds. The third-order valence-corrected chi connectivity index (χ3v) is 16.6. The number of thiophene rings is 1. The van der Waals surface area contributed by atoms with Crippen molar-refractivity contribution < 1.29 is 0 Å². The van der Waals surface area contributed by atoms with Crippen molar-refractivity contribution >= 4 is 69.6 Å². The molecule has 4 heterocycles. The van der Waals surface area contributed by atoms with E-state index in [1.165, 1.54) is 114 Å². The summed E-state index contributed by atoms with van der Waals surface area (Å²) in [5.41, 5.74) is 21.1. The first-order valence-electron chi connectivity index (χ1n) is 24.5. The van der Waals surface area contributed by atoms with E-state index in [0.717, 1.165) is 33.9 Å². The summed E-state index contributed by atoms with van der Waals surface area (Å²) in [6, 6.07) is 82.4. The van der Waals surface area contributed by atoms with Crippen LogP contribution in [0.2, 0.25) is 0 Å². The lowest BCUT2D eigenvalue weighted by molar-refractivity contribution is 0.660. The number of fused-ring (bicyclic) bond motifs is 12. The molecule has 1 aliphatic rings. The van der Waals surface area contributed by atoms with Crippen molar-refractivity contribution in [2.45, 2.75) is 19.3 Å². The van der Waals surface area contributed by atoms with E-state index in [1.54, 1.807) is 0 Å². The van der Waals surface area contributed by atoms with Gasteiger partial charge in [0, 0.05) is 63.8 Å². The Hall–Kier alpha value is -8.70. The topological polar surface area (TPSA) is 30.2 Å². The van der Waals surface area contributed by atoms with E-state index in [0.29, 0.717) is 0 Å². The first-order chi connectivity index (χ1) is 34.9. The van der Waals surface area contributed by atoms with Crippen molar-refractivity contribution in [3.05, 3.63) is 236 Å². The molecule has 0 unspecified atom stereocenters. The summed E-state index contributed by atoms with van der Waals surface area (Å²) in [5.74, 6) is 0.722. The van der Waals surface area contributed by atoms with Gasteiger partial charge in [0.25, 0.3) is 0 Å². The smallest absolute Gasteiger partial charge is 0.160 e. The number of hydrogen-bond acceptors (Lipinski definition) is 3. The average molecular weight is 922 g/mol. The molecule has 0 saturated carbocycles. The van der Waals surface area contributed by atoms with Crippen LogP contribution in [0.1, 0.15) is 25.0 Å². The second-order valence-electron chi connectivity index (χ2n) is 19.7. The van der Waals surface area contributed by atoms with E-state index in [9.17, 15) is 0 Å². The lowest BCUT2D eigenvalue weighted by atomic mass is 9.82. The minimum atomic E-state index is -0.150. The van der Waals surface area contributed by atoms with Gasteiger partial charge in [-0.25, -0.2) is 9.97 Å². The van der Waals surface area contributed by atoms with Gasteiger partial charge in [-0.2, -0.15) is 0 Å². The summed E-state index contributed by atoms with van der Waals surface area (Å²) in [6.45, 7) is 4.70. The molecule has 1 aliphatic carbocycles. The Morgan fingerprint density at radius 1 is 0.352 bits per heavy atom. The molecule has 0 N–H and O–H groups in total. The fraction of sp³-hybridized carbons (Fsp3) is 0.0448. The fourth-order valence-corrected chi connectivity index (χ4v) is 13.1. The second kappa shape index (κ2) is 15.1. The highest BCUT2D eigenvalue weighted by Gasteiger charge is 2.36. The van der Waals surface area contributed by atoms with Crippen LogP contribution < -0.4 is 0 Å². The summed E-state index contributed by atoms with van der Waals surface area (Å²) in [6.07, 6.45) is 0. The van der Waals surface area contributed by atoms with Crippen LogP contribution in [0.4, 0.5) is 0 Å². The maximum Gasteiger partial charge on any atom is 0.160 e. The Bertz CT molecular complexity index is 4420. The predicted molar refractivity (Wildman–Crippen MR) is 300 cm³/mol. The third-order valence-electron chi connectivity index (χ3n) is 15.4. The molecule has 4 aromatic heterocycles. The second-order valence-corrected chi connectivity index (χ2v) is 20.8. The Balaban J connectivity index is 0.830. The average Bonchev–Trinajstić information content (AvgIpc) is 4.15. The third kappa shape index (κ3) is 6.08. The van der Waals surface area contributed by atoms with Crippen molar-refractivity contribution in [3.63, 3.8) is 0 Å². The van der Waals surface area contributed by atoms with Crippen molar-refractivity contribution in [2.75, 3.05) is 0 Å². The molecule has 332 valence electrons. The minimum absolute atomic E-state index is 0.150. The van der Waals surface area contributed by atoms with Crippen molar-refractivity contribution in [1.82, 2.24) is 14.4 Å². The molecule has 14 aromatic rings. The lowest BCUT2D eigenvalue weighted by Crippen LogP contribution is -2.14. The van der Waals surface area contributed by atoms with Crippen LogP contribution >= 0.6 is 11.3 Å². The van der Waals surface area contributed by atoms with Gasteiger partial charge in [-0.3, -0.25) is 0 Å². The summed E-state index contributed by atoms with van der Waals surface area (Å²) in [7, 11) is 0. The van der Waals surface area contributed by atoms with Crippen LogP contribution in [0.15, 0.2) is 224 Å². The zero-order chi connectivity index (χ0) is 47.0. The van der Waals surface area contributed by atoms with E-state index < -0.39 is 0 Å². The van der Waals surface area contributed by atoms with Crippen molar-refractivity contribution in [1.29, 1.82) is 0 Å². The molecule has 4 heteroatoms. The highest BCUT2D eigenvalue weighted by molar-refractivity contribution is 7.26. The molecular formula is C67H43N3S. The number of rotatable bonds is 6. The van der Waals surface area contributed by atoms with Crippen LogP contribution in [0, 0.1) is 0 Å². The van der Waals surface area contributed by atoms with Gasteiger partial charge in [-0.15, -0.1) is 11.3 Å². The SMILES string of the molecule is CC1(C)c2ccc(-c3cccc(-c4ccc5c6cccc7c8ccc(-c9cccc%10c9sc9ccccc9%10)cc8n(c5c4)c67)c3)cc2-c2cc(-c3cc(-c4ccccc4)nc(-c4ccccc4)n3)ccc21. The van der Waals surface area contributed by atoms with Crippen molar-refractivity contribution in [3.8, 4) is 78.4 Å². The van der Waals surface area contributed by atoms with E-state index in [2.05, 4.69) is 218 Å². The first-order valence-corrected chi connectivity index (χ1v) is 25.3. The summed E-state index contributed by atoms with van der Waals surface area (Å²) < 4.78 is 5.19. The Morgan fingerprint density at radius 2 is 0.859 bits per heavy atom. The Labute approximate surface area is 415 Å². The zero-order valence-corrected chi connectivity index (χ0v) is 39.9. The molecule has 15 rings (SSSR count). The fourth-order valence-electron chi connectivity index (χ4n) is 11.9. The summed E-state index contributed by atoms with van der Waals surface area (Å²) in [5, 5.41) is 7.80. The Kier molecular flexibility index (Phi) is 8.58. The van der Waals surface area contributed by atoms with Gasteiger partial charge in [0.2, 0.25) is 0 Å². The van der Waals surface area contributed by atoms with E-state index in [1.807, 2.05) is 35.6 Å². The first kappa shape index (κ1) is 40.2. The van der Waals surface area contributed by atoms with Crippen LogP contribution in [0.25, 0.3) is 137 Å². The standard InChI is InChI=1S/C67H43N3S/c1-67(2)57-32-28-44(35-55(57)56-36-47(29-33-58(56)67)60-39-59(40-14-5-3-6-15-40)68-66(69-60)41-16-7-4-8-17-41)42-18-11-19-43(34-42)45-26-30-49-52-22-13-23-53-50-31-27-46(38-62(50)70(64(52)53)61(49)37-45)48-21-12-24-54-51-20-9-10-25-63(51)71-65(48)54/h3-39H,1-2H3. The lowest BCUT2D eigenvalue weighted by Gasteiger charge is -2.21. The number of aromatic nitrogens is 3. The number of nitrogens with zero attached hydrogens (tertiary/aromatic N) is 3. The van der Waals surface area contributed by atoms with Gasteiger partial charge in [-0.05, 0) is 98.1 Å². The van der Waals surface area contributed by atoms with E-state index >= 15 is 0 Å². The molecule has 71 heavy (non-hydrogen) atoms. The van der Waals surface area contributed by atoms with E-state index in [4.69, 9.17) is 9.97 Å². The normalized spacial score (nSPS) is 13.0. The molecule has 0 saturated heterocycles. The Morgan fingerprint density at radius 3 is 1.59 bits per heavy atom. The molecule has 0 aliphatic heterocycles. The van der Waals surface area contributed by atoms with E-state index in [-0.39, 0.29) is 5.41 Å². The van der Waals surface area contributed by atoms with Gasteiger partial charge in [0.05, 0.1) is 27.9 Å². The molecule has 0 atom stereocenters. The van der Waals surface area contributed by atoms with Gasteiger partial charge in [0.1, 0.15) is 0 Å². The van der Waals surface area contributed by atoms with Gasteiger partial charge >= 0.3 is 0 Å². The molecule has 0 bridgehead atoms. The molecular weight excluding hydrogens is 879 g/mol. The van der Waals surface area contributed by atoms with Crippen molar-refractivity contribution in [2.24, 2.45) is 0 Å². The summed E-state index contributed by atoms with van der Waals surface area (Å²) >= 11 is 1.89. The minimum Gasteiger partial charge on any atom is -0.308 e. The van der Waals surface area contributed by atoms with Crippen LogP contribution in [0.3, 0.4) is 0 Å². The summed E-state index contributed by atoms with van der Waals surface area (Å²) in [4.78, 5) is 10.3. The van der Waals surface area contributed by atoms with Gasteiger partial charge in [0.15, 0.2) is 5.82 Å². The van der Waals surface area contributed by atoms with Crippen LogP contribution in [-0.2, 0) is 5.41 Å². The highest BCUT2D eigenvalue weighted by Crippen LogP contribution is 2.51. The molecule has 10 aromatic carbocycles. The zero-order valence-electron chi connectivity index (χ0n) is 39.1. The quantitative estimate of drug-likeness (QED) is 0.166. The number of benzene rings is 10. The number of hydrogen-bond donors (Lipinski definition) is 0. The van der Waals surface area contributed by atoms with Gasteiger partial charge < -0.3 is 4.40 Å². The van der Waals surface area contributed by atoms with Crippen LogP contribution in [-0.4, -0.2) is 14.4 Å². The largest absolute Gasteiger partial charge is 0.308 e. The highest BCUT2D eigenvalue weighted by atomic mass is 32.1. The maximum atomic E-state index is 5.20.